The first-order valence-corrected chi connectivity index (χ1v) is 1.16. The second-order valence-electron chi connectivity index (χ2n) is 0.562. The largest absolute Gasteiger partial charge is 0.352 e. The molecule has 2 amide bonds. The molecular weight excluding hydrogens is 68.0 g/mol. The van der Waals surface area contributed by atoms with E-state index in [2.05, 4.69) is 5.73 Å². The number of hydrogen-bond acceptors (Lipinski definition) is 1. The van der Waals surface area contributed by atoms with Crippen LogP contribution in [0.4, 0.5) is 4.79 Å². The molecule has 0 aliphatic heterocycles. The molecule has 0 radical (unpaired) electrons. The van der Waals surface area contributed by atoms with E-state index >= 15 is 0 Å². The van der Waals surface area contributed by atoms with Gasteiger partial charge in [-0.3, -0.25) is 0 Å². The molecule has 0 aliphatic carbocycles. The van der Waals surface area contributed by atoms with E-state index < -0.39 is 6.03 Å². The summed E-state index contributed by atoms with van der Waals surface area (Å²) in [6, 6.07) is -0.741. The van der Waals surface area contributed by atoms with Crippen LogP contribution in [0.15, 0.2) is 0 Å². The summed E-state index contributed by atoms with van der Waals surface area (Å²) in [5.41, 5.74) is 4.53. The second kappa shape index (κ2) is 1.58. The Bertz CT molecular complexity index is 62.6. The van der Waals surface area contributed by atoms with Crippen molar-refractivity contribution in [1.29, 1.82) is 0 Å². The van der Waals surface area contributed by atoms with Crippen LogP contribution in [0.2, 0.25) is 1.41 Å². The molecule has 0 atom stereocenters. The smallest absolute Gasteiger partial charge is 0.311 e. The summed E-state index contributed by atoms with van der Waals surface area (Å²) < 4.78 is 6.39. The lowest BCUT2D eigenvalue weighted by atomic mass is 11.1. The van der Waals surface area contributed by atoms with Gasteiger partial charge in [0.05, 0.1) is 0 Å². The van der Waals surface area contributed by atoms with Crippen LogP contribution < -0.4 is 11.0 Å². The molecule has 3 N–H and O–H groups in total. The molecule has 0 aromatic heterocycles. The fourth-order valence-electron chi connectivity index (χ4n) is 0. The lowest BCUT2D eigenvalue weighted by Crippen LogP contribution is -2.24. The van der Waals surface area contributed by atoms with Gasteiger partial charge in [0.2, 0.25) is 0 Å². The zero-order valence-corrected chi connectivity index (χ0v) is 2.93. The monoisotopic (exact) mass is 75.1 g/mol. The van der Waals surface area contributed by atoms with E-state index in [4.69, 9.17) is 1.41 Å². The molecule has 3 nitrogen and oxygen atoms in total. The molecular formula is C2H6N2O. The molecule has 0 aliphatic rings. The van der Waals surface area contributed by atoms with Crippen molar-refractivity contribution in [3.05, 3.63) is 0 Å². The van der Waals surface area contributed by atoms with E-state index in [-0.39, 0.29) is 0 Å². The maximum Gasteiger partial charge on any atom is 0.311 e. The van der Waals surface area contributed by atoms with Crippen LogP contribution in [0, 0.1) is 0 Å². The number of rotatable bonds is 0. The van der Waals surface area contributed by atoms with Crippen molar-refractivity contribution in [2.24, 2.45) is 5.73 Å². The van der Waals surface area contributed by atoms with Gasteiger partial charge in [-0.1, -0.05) is 0 Å². The first-order valence-electron chi connectivity index (χ1n) is 1.61. The van der Waals surface area contributed by atoms with Crippen LogP contribution in [0.5, 0.6) is 0 Å². The Morgan fingerprint density at radius 3 is 2.60 bits per heavy atom. The number of nitrogens with one attached hydrogen (secondary N) is 1. The average molecular weight is 75.1 g/mol. The molecule has 3 heteroatoms. The molecule has 0 fully saturated rings. The summed E-state index contributed by atoms with van der Waals surface area (Å²) in [5, 5.41) is 0.556. The Kier molecular flexibility index (Phi) is 0.789. The fraction of sp³-hybridized carbons (Fsp3) is 0.500. The predicted octanol–water partition coefficient (Wildman–Crippen LogP) is -0.716. The zero-order valence-electron chi connectivity index (χ0n) is 3.93. The highest BCUT2D eigenvalue weighted by Crippen LogP contribution is 1.38. The number of amides is 2. The van der Waals surface area contributed by atoms with Crippen molar-refractivity contribution in [2.45, 2.75) is 0 Å². The second-order valence-corrected chi connectivity index (χ2v) is 0.562. The Labute approximate surface area is 31.6 Å². The van der Waals surface area contributed by atoms with E-state index in [0.717, 1.165) is 0 Å². The van der Waals surface area contributed by atoms with Gasteiger partial charge in [-0.2, -0.15) is 0 Å². The summed E-state index contributed by atoms with van der Waals surface area (Å²) in [6.45, 7) is 0. The number of nitrogens with two attached hydrogens (primary N) is 1. The van der Waals surface area contributed by atoms with Gasteiger partial charge in [0.1, 0.15) is 0 Å². The van der Waals surface area contributed by atoms with E-state index in [1.54, 1.807) is 0 Å². The Morgan fingerprint density at radius 2 is 2.60 bits per heavy atom. The van der Waals surface area contributed by atoms with Crippen molar-refractivity contribution < 1.29 is 6.21 Å². The Balaban J connectivity index is 3.26. The van der Waals surface area contributed by atoms with Crippen molar-refractivity contribution in [1.82, 2.24) is 5.31 Å². The third-order valence-electron chi connectivity index (χ3n) is 0.220. The molecule has 0 saturated carbocycles. The maximum atomic E-state index is 9.66. The minimum Gasteiger partial charge on any atom is -0.352 e. The lowest BCUT2D eigenvalue weighted by molar-refractivity contribution is 0.251. The van der Waals surface area contributed by atoms with E-state index in [0.29, 0.717) is 5.31 Å². The van der Waals surface area contributed by atoms with Crippen molar-refractivity contribution in [3.63, 3.8) is 0 Å². The quantitative estimate of drug-likeness (QED) is 0.392. The molecule has 0 saturated heterocycles. The van der Waals surface area contributed by atoms with Crippen LogP contribution in [0.3, 0.4) is 0 Å². The van der Waals surface area contributed by atoms with Crippen LogP contribution in [-0.4, -0.2) is 13.1 Å². The van der Waals surface area contributed by atoms with Crippen molar-refractivity contribution in [2.75, 3.05) is 7.05 Å². The summed E-state index contributed by atoms with van der Waals surface area (Å²) >= 11 is 0. The molecule has 0 aromatic rings. The molecule has 5 heavy (non-hydrogen) atoms. The summed E-state index contributed by atoms with van der Waals surface area (Å²) in [4.78, 5) is 9.66. The lowest BCUT2D eigenvalue weighted by Gasteiger charge is -1.80. The van der Waals surface area contributed by atoms with Gasteiger partial charge < -0.3 is 11.0 Å². The molecule has 0 unspecified atom stereocenters. The third-order valence-corrected chi connectivity index (χ3v) is 0.220. The van der Waals surface area contributed by atoms with Crippen molar-refractivity contribution >= 4 is 6.03 Å². The van der Waals surface area contributed by atoms with E-state index in [9.17, 15) is 4.79 Å². The van der Waals surface area contributed by atoms with Gasteiger partial charge in [-0.15, -0.1) is 0 Å². The molecule has 30 valence electrons. The zero-order chi connectivity index (χ0) is 5.15. The molecule has 0 aromatic carbocycles. The fourth-order valence-corrected chi connectivity index (χ4v) is 0. The summed E-state index contributed by atoms with van der Waals surface area (Å²) in [6.07, 6.45) is 0. The maximum absolute atomic E-state index is 9.66. The summed E-state index contributed by atoms with van der Waals surface area (Å²) in [7, 11) is 1.27. The number of hydrogen-bond donors (Lipinski definition) is 2. The standard InChI is InChI=1S/C2H6N2O/c1-4-2(3)5/h1H3,(H3,3,4,5)/i/hD. The normalized spacial score (nSPS) is 9.40. The first-order chi connectivity index (χ1) is 2.64. The third kappa shape index (κ3) is 3.27. The van der Waals surface area contributed by atoms with Crippen LogP contribution in [-0.2, 0) is 0 Å². The van der Waals surface area contributed by atoms with Crippen molar-refractivity contribution in [3.8, 4) is 0 Å². The number of carbonyl (C=O) groups excluding carboxylic acids is 1. The van der Waals surface area contributed by atoms with Gasteiger partial charge >= 0.3 is 6.03 Å². The van der Waals surface area contributed by atoms with Crippen LogP contribution in [0.1, 0.15) is 0 Å². The highest BCUT2D eigenvalue weighted by atomic mass is 16.2. The first kappa shape index (κ1) is 2.50. The van der Waals surface area contributed by atoms with Gasteiger partial charge in [0, 0.05) is 7.05 Å². The predicted molar refractivity (Wildman–Crippen MR) is 18.6 cm³/mol. The van der Waals surface area contributed by atoms with Crippen LogP contribution in [0.25, 0.3) is 0 Å². The molecule has 0 bridgehead atoms. The number of primary amides is 1. The van der Waals surface area contributed by atoms with Gasteiger partial charge in [0.25, 0.3) is 0 Å². The van der Waals surface area contributed by atoms with Crippen LogP contribution >= 0.6 is 0 Å². The topological polar surface area (TPSA) is 55.1 Å². The van der Waals surface area contributed by atoms with E-state index in [1.165, 1.54) is 7.05 Å². The number of carbonyl (C=O) groups is 1. The number of urea groups is 1. The average Bonchev–Trinajstić information content (AvgIpc) is 1.36. The van der Waals surface area contributed by atoms with E-state index in [1.807, 2.05) is 0 Å². The molecule has 0 heterocycles. The SMILES string of the molecule is [2H]N(C)C(N)=O. The van der Waals surface area contributed by atoms with Gasteiger partial charge in [-0.05, 0) is 0 Å². The minimum atomic E-state index is -0.741. The molecule has 0 rings (SSSR count). The highest BCUT2D eigenvalue weighted by Gasteiger charge is 1.72. The Morgan fingerprint density at radius 1 is 2.40 bits per heavy atom. The van der Waals surface area contributed by atoms with Gasteiger partial charge in [0.15, 0.2) is 1.41 Å². The van der Waals surface area contributed by atoms with Gasteiger partial charge in [-0.25, -0.2) is 4.79 Å². The molecule has 0 spiro atoms. The summed E-state index contributed by atoms with van der Waals surface area (Å²) in [5.74, 6) is 0. The highest BCUT2D eigenvalue weighted by molar-refractivity contribution is 5.71. The minimum absolute atomic E-state index is 0.556. The Hall–Kier alpha value is -0.730.